The summed E-state index contributed by atoms with van der Waals surface area (Å²) in [6.45, 7) is 1.10. The van der Waals surface area contributed by atoms with Gasteiger partial charge in [-0.25, -0.2) is 0 Å². The van der Waals surface area contributed by atoms with Gasteiger partial charge in [-0.15, -0.1) is 0 Å². The molecule has 2 N–H and O–H groups in total. The Morgan fingerprint density at radius 1 is 1.00 bits per heavy atom. The molecule has 0 aliphatic heterocycles. The fourth-order valence-electron chi connectivity index (χ4n) is 3.45. The first-order chi connectivity index (χ1) is 14.1. The van der Waals surface area contributed by atoms with Crippen LogP contribution in [0.3, 0.4) is 0 Å². The number of anilines is 2. The Bertz CT molecular complexity index is 844. The van der Waals surface area contributed by atoms with Gasteiger partial charge in [0.25, 0.3) is 5.91 Å². The van der Waals surface area contributed by atoms with E-state index in [0.29, 0.717) is 11.3 Å². The summed E-state index contributed by atoms with van der Waals surface area (Å²) in [6, 6.07) is 16.5. The lowest BCUT2D eigenvalue weighted by Crippen LogP contribution is -2.29. The Balaban J connectivity index is 1.44. The van der Waals surface area contributed by atoms with Crippen molar-refractivity contribution < 1.29 is 9.59 Å². The molecule has 0 spiro atoms. The fraction of sp³-hybridized carbons (Fsp3) is 0.333. The Kier molecular flexibility index (Phi) is 7.59. The van der Waals surface area contributed by atoms with Crippen molar-refractivity contribution in [3.63, 3.8) is 0 Å². The zero-order valence-electron chi connectivity index (χ0n) is 17.0. The topological polar surface area (TPSA) is 61.4 Å². The number of nitrogens with one attached hydrogen (secondary N) is 2. The highest BCUT2D eigenvalue weighted by atomic mass is 16.2. The predicted molar refractivity (Wildman–Crippen MR) is 118 cm³/mol. The van der Waals surface area contributed by atoms with Crippen molar-refractivity contribution in [2.24, 2.45) is 0 Å². The third-order valence-electron chi connectivity index (χ3n) is 5.16. The van der Waals surface area contributed by atoms with Crippen molar-refractivity contribution in [2.75, 3.05) is 30.4 Å². The first-order valence-electron chi connectivity index (χ1n) is 10.2. The summed E-state index contributed by atoms with van der Waals surface area (Å²) >= 11 is 0. The molecule has 0 unspecified atom stereocenters. The standard InChI is InChI=1S/C24H29N3O2/c1-27(22-10-6-3-7-11-22)24(29)20-12-14-21(15-13-20)26-23(28)18-25-17-16-19-8-4-2-5-9-19/h3,6-8,10-15,25H,2,4-5,9,16-18H2,1H3,(H,26,28). The van der Waals surface area contributed by atoms with Crippen molar-refractivity contribution in [3.8, 4) is 0 Å². The van der Waals surface area contributed by atoms with Crippen LogP contribution in [0.15, 0.2) is 66.2 Å². The zero-order chi connectivity index (χ0) is 20.5. The number of rotatable bonds is 8. The largest absolute Gasteiger partial charge is 0.325 e. The maximum absolute atomic E-state index is 12.6. The van der Waals surface area contributed by atoms with E-state index in [1.807, 2.05) is 30.3 Å². The van der Waals surface area contributed by atoms with E-state index in [9.17, 15) is 9.59 Å². The lowest BCUT2D eigenvalue weighted by atomic mass is 9.97. The molecule has 0 bridgehead atoms. The molecule has 0 heterocycles. The normalized spacial score (nSPS) is 13.5. The number of hydrogen-bond donors (Lipinski definition) is 2. The molecule has 0 radical (unpaired) electrons. The van der Waals surface area contributed by atoms with Gasteiger partial charge in [-0.1, -0.05) is 29.8 Å². The minimum atomic E-state index is -0.0900. The monoisotopic (exact) mass is 391 g/mol. The van der Waals surface area contributed by atoms with Gasteiger partial charge in [-0.2, -0.15) is 0 Å². The highest BCUT2D eigenvalue weighted by molar-refractivity contribution is 6.06. The van der Waals surface area contributed by atoms with Gasteiger partial charge in [0.05, 0.1) is 6.54 Å². The predicted octanol–water partition coefficient (Wildman–Crippen LogP) is 4.38. The molecule has 2 aromatic carbocycles. The Hall–Kier alpha value is -2.92. The van der Waals surface area contributed by atoms with Gasteiger partial charge >= 0.3 is 0 Å². The average molecular weight is 392 g/mol. The molecule has 0 aromatic heterocycles. The van der Waals surface area contributed by atoms with Crippen LogP contribution in [0, 0.1) is 0 Å². The summed E-state index contributed by atoms with van der Waals surface area (Å²) in [6.07, 6.45) is 8.31. The summed E-state index contributed by atoms with van der Waals surface area (Å²) in [4.78, 5) is 26.3. The summed E-state index contributed by atoms with van der Waals surface area (Å²) in [5, 5.41) is 6.07. The molecule has 29 heavy (non-hydrogen) atoms. The van der Waals surface area contributed by atoms with E-state index in [1.54, 1.807) is 36.2 Å². The molecule has 0 atom stereocenters. The van der Waals surface area contributed by atoms with Gasteiger partial charge in [-0.3, -0.25) is 9.59 Å². The average Bonchev–Trinajstić information content (AvgIpc) is 2.77. The first-order valence-corrected chi connectivity index (χ1v) is 10.2. The molecule has 0 saturated carbocycles. The molecular formula is C24H29N3O2. The van der Waals surface area contributed by atoms with Gasteiger partial charge in [-0.05, 0) is 75.0 Å². The maximum atomic E-state index is 12.6. The molecule has 0 saturated heterocycles. The van der Waals surface area contributed by atoms with E-state index in [4.69, 9.17) is 0 Å². The number of carbonyl (C=O) groups is 2. The summed E-state index contributed by atoms with van der Waals surface area (Å²) in [5.74, 6) is -0.170. The molecular weight excluding hydrogens is 362 g/mol. The minimum absolute atomic E-state index is 0.0805. The first kappa shape index (κ1) is 20.8. The maximum Gasteiger partial charge on any atom is 0.258 e. The molecule has 152 valence electrons. The lowest BCUT2D eigenvalue weighted by molar-refractivity contribution is -0.115. The molecule has 2 amide bonds. The van der Waals surface area contributed by atoms with Crippen LogP contribution in [0.1, 0.15) is 42.5 Å². The minimum Gasteiger partial charge on any atom is -0.325 e. The number of hydrogen-bond acceptors (Lipinski definition) is 3. The van der Waals surface area contributed by atoms with Crippen LogP contribution in [0.5, 0.6) is 0 Å². The molecule has 3 rings (SSSR count). The highest BCUT2D eigenvalue weighted by Crippen LogP contribution is 2.19. The summed E-state index contributed by atoms with van der Waals surface area (Å²) in [5.41, 5.74) is 3.61. The smallest absolute Gasteiger partial charge is 0.258 e. The second-order valence-electron chi connectivity index (χ2n) is 7.36. The third kappa shape index (κ3) is 6.29. The summed E-state index contributed by atoms with van der Waals surface area (Å²) < 4.78 is 0. The van der Waals surface area contributed by atoms with Crippen LogP contribution in [0.2, 0.25) is 0 Å². The number of nitrogens with zero attached hydrogens (tertiary/aromatic N) is 1. The second kappa shape index (κ2) is 10.6. The summed E-state index contributed by atoms with van der Waals surface area (Å²) in [7, 11) is 1.75. The van der Waals surface area contributed by atoms with Gasteiger partial charge in [0, 0.05) is 24.0 Å². The zero-order valence-corrected chi connectivity index (χ0v) is 17.0. The van der Waals surface area contributed by atoms with Gasteiger partial charge in [0.15, 0.2) is 0 Å². The van der Waals surface area contributed by atoms with Crippen LogP contribution >= 0.6 is 0 Å². The Morgan fingerprint density at radius 3 is 2.45 bits per heavy atom. The molecule has 0 fully saturated rings. The molecule has 2 aromatic rings. The van der Waals surface area contributed by atoms with E-state index >= 15 is 0 Å². The highest BCUT2D eigenvalue weighted by Gasteiger charge is 2.13. The van der Waals surface area contributed by atoms with E-state index in [-0.39, 0.29) is 18.4 Å². The van der Waals surface area contributed by atoms with E-state index < -0.39 is 0 Å². The SMILES string of the molecule is CN(C(=O)c1ccc(NC(=O)CNCCC2=CCCCC2)cc1)c1ccccc1. The van der Waals surface area contributed by atoms with E-state index in [2.05, 4.69) is 16.7 Å². The van der Waals surface area contributed by atoms with Crippen molar-refractivity contribution in [1.82, 2.24) is 5.32 Å². The van der Waals surface area contributed by atoms with Gasteiger partial charge < -0.3 is 15.5 Å². The number of allylic oxidation sites excluding steroid dienone is 1. The Morgan fingerprint density at radius 2 is 1.76 bits per heavy atom. The third-order valence-corrected chi connectivity index (χ3v) is 5.16. The van der Waals surface area contributed by atoms with Crippen LogP contribution in [-0.4, -0.2) is 32.0 Å². The number of para-hydroxylation sites is 1. The second-order valence-corrected chi connectivity index (χ2v) is 7.36. The molecule has 1 aliphatic carbocycles. The van der Waals surface area contributed by atoms with Gasteiger partial charge in [0.2, 0.25) is 5.91 Å². The number of benzene rings is 2. The van der Waals surface area contributed by atoms with E-state index in [1.165, 1.54) is 31.3 Å². The van der Waals surface area contributed by atoms with Crippen LogP contribution in [0.25, 0.3) is 0 Å². The van der Waals surface area contributed by atoms with Crippen LogP contribution in [0.4, 0.5) is 11.4 Å². The molecule has 5 nitrogen and oxygen atoms in total. The fourth-order valence-corrected chi connectivity index (χ4v) is 3.45. The number of carbonyl (C=O) groups excluding carboxylic acids is 2. The van der Waals surface area contributed by atoms with Crippen LogP contribution in [-0.2, 0) is 4.79 Å². The Labute approximate surface area is 172 Å². The van der Waals surface area contributed by atoms with Crippen molar-refractivity contribution >= 4 is 23.2 Å². The quantitative estimate of drug-likeness (QED) is 0.518. The molecule has 5 heteroatoms. The van der Waals surface area contributed by atoms with Gasteiger partial charge in [0.1, 0.15) is 0 Å². The van der Waals surface area contributed by atoms with Crippen molar-refractivity contribution in [3.05, 3.63) is 71.8 Å². The van der Waals surface area contributed by atoms with E-state index in [0.717, 1.165) is 18.7 Å². The molecule has 1 aliphatic rings. The van der Waals surface area contributed by atoms with Crippen molar-refractivity contribution in [1.29, 1.82) is 0 Å². The van der Waals surface area contributed by atoms with Crippen LogP contribution < -0.4 is 15.5 Å². The number of amides is 2. The lowest BCUT2D eigenvalue weighted by Gasteiger charge is -2.17. The van der Waals surface area contributed by atoms with Crippen molar-refractivity contribution in [2.45, 2.75) is 32.1 Å².